The van der Waals surface area contributed by atoms with Crippen molar-refractivity contribution in [2.75, 3.05) is 0 Å². The van der Waals surface area contributed by atoms with Crippen molar-refractivity contribution in [1.29, 1.82) is 0 Å². The molecule has 0 saturated heterocycles. The second kappa shape index (κ2) is 9.70. The van der Waals surface area contributed by atoms with Gasteiger partial charge in [0.2, 0.25) is 0 Å². The first kappa shape index (κ1) is 21.2. The molecule has 0 spiro atoms. The summed E-state index contributed by atoms with van der Waals surface area (Å²) in [5.41, 5.74) is 3.09. The van der Waals surface area contributed by atoms with Crippen LogP contribution in [0.4, 0.5) is 0 Å². The standard InChI is InChI=1S/C16H15Cl2I2O2PS/c1-9(2)12-5-10(3-4-16(12)22-24-23(19)20)6-13-14(17)7-11(21)8-15(13)18/h3-5,7-9,21H,6H2,1-2H3. The number of rotatable bonds is 6. The summed E-state index contributed by atoms with van der Waals surface area (Å²) in [6, 6.07) is 9.21. The van der Waals surface area contributed by atoms with Crippen LogP contribution in [-0.4, -0.2) is 5.11 Å². The van der Waals surface area contributed by atoms with Gasteiger partial charge in [0.15, 0.2) is 0 Å². The third-order valence-corrected chi connectivity index (χ3v) is 7.88. The van der Waals surface area contributed by atoms with Crippen molar-refractivity contribution in [1.82, 2.24) is 0 Å². The predicted octanol–water partition coefficient (Wildman–Crippen LogP) is 8.54. The van der Waals surface area contributed by atoms with Crippen molar-refractivity contribution in [3.05, 3.63) is 57.1 Å². The molecule has 24 heavy (non-hydrogen) atoms. The summed E-state index contributed by atoms with van der Waals surface area (Å²) in [5, 5.41) is 10.5. The number of phenolic OH excluding ortho intramolecular Hbond substituents is 1. The molecule has 0 aliphatic rings. The number of aromatic hydroxyl groups is 1. The average Bonchev–Trinajstić information content (AvgIpc) is 2.49. The maximum Gasteiger partial charge on any atom is 0.141 e. The van der Waals surface area contributed by atoms with E-state index >= 15 is 0 Å². The molecule has 0 fully saturated rings. The third kappa shape index (κ3) is 5.95. The van der Waals surface area contributed by atoms with Crippen LogP contribution < -0.4 is 4.18 Å². The maximum atomic E-state index is 9.55. The van der Waals surface area contributed by atoms with Crippen molar-refractivity contribution >= 4 is 81.4 Å². The van der Waals surface area contributed by atoms with E-state index < -0.39 is 0 Å². The van der Waals surface area contributed by atoms with Gasteiger partial charge in [-0.2, -0.15) is 0 Å². The highest BCUT2D eigenvalue weighted by molar-refractivity contribution is 14.3. The van der Waals surface area contributed by atoms with Crippen LogP contribution in [0.3, 0.4) is 0 Å². The minimum atomic E-state index is -0.239. The van der Waals surface area contributed by atoms with Gasteiger partial charge in [0.25, 0.3) is 0 Å². The molecule has 0 amide bonds. The molecule has 8 heteroatoms. The Morgan fingerprint density at radius 1 is 1.17 bits per heavy atom. The zero-order valence-electron chi connectivity index (χ0n) is 12.9. The van der Waals surface area contributed by atoms with E-state index in [2.05, 4.69) is 64.0 Å². The molecule has 0 aliphatic heterocycles. The first-order valence-corrected chi connectivity index (χ1v) is 16.1. The van der Waals surface area contributed by atoms with Gasteiger partial charge in [0.1, 0.15) is 25.6 Å². The molecule has 0 aromatic heterocycles. The summed E-state index contributed by atoms with van der Waals surface area (Å²) in [6.07, 6.45) is 0.608. The molecule has 0 heterocycles. The molecular formula is C16H15Cl2I2O2PS. The monoisotopic (exact) mass is 626 g/mol. The van der Waals surface area contributed by atoms with Gasteiger partial charge in [0.05, 0.1) is 0 Å². The van der Waals surface area contributed by atoms with E-state index in [-0.39, 0.29) is 8.16 Å². The van der Waals surface area contributed by atoms with Gasteiger partial charge in [-0.05, 0) is 84.9 Å². The van der Waals surface area contributed by atoms with E-state index in [1.165, 1.54) is 23.8 Å². The minimum absolute atomic E-state index is 0.0755. The summed E-state index contributed by atoms with van der Waals surface area (Å²) >= 11 is 18.7. The predicted molar refractivity (Wildman–Crippen MR) is 125 cm³/mol. The first-order chi connectivity index (χ1) is 11.3. The largest absolute Gasteiger partial charge is 0.508 e. The van der Waals surface area contributed by atoms with Crippen molar-refractivity contribution in [3.63, 3.8) is 0 Å². The number of hydrogen-bond acceptors (Lipinski definition) is 3. The van der Waals surface area contributed by atoms with Crippen molar-refractivity contribution < 1.29 is 9.29 Å². The molecule has 0 bridgehead atoms. The lowest BCUT2D eigenvalue weighted by molar-refractivity contribution is 0.475. The zero-order valence-corrected chi connectivity index (χ0v) is 20.4. The van der Waals surface area contributed by atoms with Gasteiger partial charge in [-0.25, -0.2) is 0 Å². The quantitative estimate of drug-likeness (QED) is 0.198. The Morgan fingerprint density at radius 3 is 2.33 bits per heavy atom. The lowest BCUT2D eigenvalue weighted by Gasteiger charge is -2.15. The molecule has 0 aliphatic carbocycles. The van der Waals surface area contributed by atoms with Crippen LogP contribution in [-0.2, 0) is 6.42 Å². The van der Waals surface area contributed by atoms with E-state index in [9.17, 15) is 5.11 Å². The topological polar surface area (TPSA) is 29.5 Å². The average molecular weight is 627 g/mol. The number of hydrogen-bond donors (Lipinski definition) is 1. The molecule has 0 saturated carbocycles. The maximum absolute atomic E-state index is 9.55. The second-order valence-electron chi connectivity index (χ2n) is 5.45. The fraction of sp³-hybridized carbons (Fsp3) is 0.250. The molecule has 1 N–H and O–H groups in total. The summed E-state index contributed by atoms with van der Waals surface area (Å²) < 4.78 is 5.63. The third-order valence-electron chi connectivity index (χ3n) is 3.39. The highest BCUT2D eigenvalue weighted by Gasteiger charge is 2.14. The first-order valence-electron chi connectivity index (χ1n) is 7.04. The second-order valence-corrected chi connectivity index (χ2v) is 23.8. The zero-order chi connectivity index (χ0) is 17.9. The van der Waals surface area contributed by atoms with Crippen LogP contribution in [0, 0.1) is 0 Å². The molecule has 2 aromatic rings. The van der Waals surface area contributed by atoms with Crippen LogP contribution in [0.25, 0.3) is 0 Å². The van der Waals surface area contributed by atoms with Gasteiger partial charge in [0, 0.05) is 16.5 Å². The molecule has 0 unspecified atom stereocenters. The molecule has 2 aromatic carbocycles. The van der Waals surface area contributed by atoms with Crippen LogP contribution in [0.5, 0.6) is 11.5 Å². The molecule has 130 valence electrons. The van der Waals surface area contributed by atoms with E-state index in [4.69, 9.17) is 27.4 Å². The highest BCUT2D eigenvalue weighted by atomic mass is 127. The van der Waals surface area contributed by atoms with Crippen LogP contribution >= 0.6 is 81.4 Å². The van der Waals surface area contributed by atoms with Crippen molar-refractivity contribution in [2.24, 2.45) is 0 Å². The Kier molecular flexibility index (Phi) is 8.55. The minimum Gasteiger partial charge on any atom is -0.508 e. The van der Waals surface area contributed by atoms with Crippen LogP contribution in [0.1, 0.15) is 36.5 Å². The summed E-state index contributed by atoms with van der Waals surface area (Å²) in [6.45, 7) is 4.29. The lowest BCUT2D eigenvalue weighted by Crippen LogP contribution is -1.97. The van der Waals surface area contributed by atoms with Gasteiger partial charge in [-0.15, -0.1) is 0 Å². The lowest BCUT2D eigenvalue weighted by atomic mass is 9.96. The Morgan fingerprint density at radius 2 is 1.79 bits per heavy atom. The molecule has 0 radical (unpaired) electrons. The normalized spacial score (nSPS) is 11.3. The summed E-state index contributed by atoms with van der Waals surface area (Å²) in [4.78, 5) is 0. The number of benzene rings is 2. The Labute approximate surface area is 183 Å². The Hall–Kier alpha value is 0.860. The van der Waals surface area contributed by atoms with E-state index in [0.29, 0.717) is 22.4 Å². The van der Waals surface area contributed by atoms with Crippen LogP contribution in [0.15, 0.2) is 30.3 Å². The van der Waals surface area contributed by atoms with Gasteiger partial charge in [-0.3, -0.25) is 0 Å². The van der Waals surface area contributed by atoms with E-state index in [1.54, 1.807) is 0 Å². The van der Waals surface area contributed by atoms with Crippen molar-refractivity contribution in [3.8, 4) is 11.5 Å². The SMILES string of the molecule is CC(C)c1cc(Cc2c(Cl)cc(O)cc2Cl)ccc1OSP(I)I. The molecular weight excluding hydrogens is 612 g/mol. The Balaban J connectivity index is 2.30. The number of halogens is 4. The highest BCUT2D eigenvalue weighted by Crippen LogP contribution is 2.64. The summed E-state index contributed by atoms with van der Waals surface area (Å²) in [7, 11) is 0. The van der Waals surface area contributed by atoms with E-state index in [1.807, 2.05) is 12.1 Å². The smallest absolute Gasteiger partial charge is 0.141 e. The van der Waals surface area contributed by atoms with Crippen molar-refractivity contribution in [2.45, 2.75) is 26.2 Å². The fourth-order valence-electron chi connectivity index (χ4n) is 2.27. The van der Waals surface area contributed by atoms with Gasteiger partial charge >= 0.3 is 0 Å². The van der Waals surface area contributed by atoms with Gasteiger partial charge < -0.3 is 9.29 Å². The fourth-order valence-corrected chi connectivity index (χ4v) is 5.02. The van der Waals surface area contributed by atoms with Crippen LogP contribution in [0.2, 0.25) is 10.0 Å². The molecule has 2 nitrogen and oxygen atoms in total. The van der Waals surface area contributed by atoms with Gasteiger partial charge in [-0.1, -0.05) is 49.2 Å². The molecule has 2 rings (SSSR count). The van der Waals surface area contributed by atoms with E-state index in [0.717, 1.165) is 22.4 Å². The Bertz CT molecular complexity index is 706. The molecule has 0 atom stereocenters. The number of phenols is 1. The summed E-state index contributed by atoms with van der Waals surface area (Å²) in [5.74, 6) is 1.33.